The minimum absolute atomic E-state index is 0.0241. The van der Waals surface area contributed by atoms with E-state index in [-0.39, 0.29) is 29.9 Å². The molecule has 5 aromatic rings. The van der Waals surface area contributed by atoms with E-state index in [0.717, 1.165) is 23.4 Å². The van der Waals surface area contributed by atoms with Gasteiger partial charge >= 0.3 is 12.2 Å². The van der Waals surface area contributed by atoms with Gasteiger partial charge in [0.05, 0.1) is 29.8 Å². The molecule has 2 aromatic heterocycles. The van der Waals surface area contributed by atoms with Crippen LogP contribution in [0.3, 0.4) is 0 Å². The van der Waals surface area contributed by atoms with Gasteiger partial charge in [0.15, 0.2) is 5.82 Å². The van der Waals surface area contributed by atoms with Gasteiger partial charge in [0.1, 0.15) is 5.75 Å². The number of methoxy groups -OCH3 is 1. The Kier molecular flexibility index (Phi) is 7.83. The Hall–Kier alpha value is -4.64. The summed E-state index contributed by atoms with van der Waals surface area (Å²) in [5.41, 5.74) is 1.52. The maximum atomic E-state index is 13.4. The molecule has 0 unspecified atom stereocenters. The number of carbonyl (C=O) groups is 1. The van der Waals surface area contributed by atoms with Gasteiger partial charge in [0.2, 0.25) is 0 Å². The zero-order chi connectivity index (χ0) is 28.1. The molecule has 0 bridgehead atoms. The first-order valence-electron chi connectivity index (χ1n) is 12.2. The number of hydrogen-bond acceptors (Lipinski definition) is 6. The molecule has 204 valence electrons. The standard InChI is InChI=1S/C29H23F3N4O3S/c1-38-24-13-7-19(8-14-24)15-16-39-28-34-26(20-4-2-5-21(18-20)29(30,31)32)36(35-28)23-11-9-22(10-12-23)33-27(37)25-6-3-17-40-25/h2-14,17-18H,15-16H2,1H3,(H,33,37). The van der Waals surface area contributed by atoms with E-state index < -0.39 is 11.7 Å². The molecule has 0 fully saturated rings. The number of amides is 1. The van der Waals surface area contributed by atoms with E-state index in [1.807, 2.05) is 29.6 Å². The van der Waals surface area contributed by atoms with Crippen molar-refractivity contribution < 1.29 is 27.4 Å². The van der Waals surface area contributed by atoms with Gasteiger partial charge in [-0.2, -0.15) is 18.2 Å². The van der Waals surface area contributed by atoms with Crippen molar-refractivity contribution in [2.45, 2.75) is 12.6 Å². The largest absolute Gasteiger partial charge is 0.497 e. The number of rotatable bonds is 9. The monoisotopic (exact) mass is 564 g/mol. The molecule has 0 radical (unpaired) electrons. The summed E-state index contributed by atoms with van der Waals surface area (Å²) in [5.74, 6) is 0.689. The molecular formula is C29H23F3N4O3S. The van der Waals surface area contributed by atoms with Crippen molar-refractivity contribution in [3.63, 3.8) is 0 Å². The Morgan fingerprint density at radius 2 is 1.77 bits per heavy atom. The lowest BCUT2D eigenvalue weighted by Gasteiger charge is -2.10. The van der Waals surface area contributed by atoms with Gasteiger partial charge in [-0.3, -0.25) is 4.79 Å². The number of halogens is 3. The third kappa shape index (κ3) is 6.32. The number of nitrogens with zero attached hydrogens (tertiary/aromatic N) is 3. The molecule has 3 aromatic carbocycles. The van der Waals surface area contributed by atoms with Gasteiger partial charge in [0.25, 0.3) is 5.91 Å². The number of anilines is 1. The molecule has 0 spiro atoms. The first kappa shape index (κ1) is 26.9. The minimum atomic E-state index is -4.51. The van der Waals surface area contributed by atoms with Crippen LogP contribution in [0.5, 0.6) is 11.8 Å². The maximum absolute atomic E-state index is 13.4. The Bertz CT molecular complexity index is 1580. The van der Waals surface area contributed by atoms with Gasteiger partial charge in [0, 0.05) is 17.7 Å². The normalized spacial score (nSPS) is 11.3. The highest BCUT2D eigenvalue weighted by Gasteiger charge is 2.31. The molecule has 40 heavy (non-hydrogen) atoms. The van der Waals surface area contributed by atoms with Crippen LogP contribution in [0.25, 0.3) is 17.1 Å². The number of ether oxygens (including phenoxy) is 2. The number of aromatic nitrogens is 3. The Morgan fingerprint density at radius 3 is 2.45 bits per heavy atom. The van der Waals surface area contributed by atoms with Gasteiger partial charge in [-0.15, -0.1) is 16.4 Å². The van der Waals surface area contributed by atoms with Crippen molar-refractivity contribution in [2.24, 2.45) is 0 Å². The third-order valence-corrected chi connectivity index (χ3v) is 6.80. The molecule has 0 aliphatic heterocycles. The van der Waals surface area contributed by atoms with Crippen LogP contribution in [0.15, 0.2) is 90.3 Å². The molecule has 1 amide bonds. The number of hydrogen-bond donors (Lipinski definition) is 1. The fourth-order valence-electron chi connectivity index (χ4n) is 3.89. The molecule has 0 aliphatic carbocycles. The van der Waals surface area contributed by atoms with Crippen molar-refractivity contribution in [3.05, 3.63) is 106 Å². The summed E-state index contributed by atoms with van der Waals surface area (Å²) < 4.78 is 52.7. The number of carbonyl (C=O) groups excluding carboxylic acids is 1. The van der Waals surface area contributed by atoms with E-state index in [9.17, 15) is 18.0 Å². The summed E-state index contributed by atoms with van der Waals surface area (Å²) in [7, 11) is 1.59. The van der Waals surface area contributed by atoms with Crippen molar-refractivity contribution in [3.8, 4) is 28.8 Å². The van der Waals surface area contributed by atoms with E-state index >= 15 is 0 Å². The Labute approximate surface area is 231 Å². The van der Waals surface area contributed by atoms with Crippen molar-refractivity contribution in [1.82, 2.24) is 14.8 Å². The second-order valence-corrected chi connectivity index (χ2v) is 9.58. The van der Waals surface area contributed by atoms with E-state index in [4.69, 9.17) is 9.47 Å². The smallest absolute Gasteiger partial charge is 0.416 e. The SMILES string of the molecule is COc1ccc(CCOc2nc(-c3cccc(C(F)(F)F)c3)n(-c3ccc(NC(=O)c4cccs4)cc3)n2)cc1. The van der Waals surface area contributed by atoms with Crippen LogP contribution >= 0.6 is 11.3 Å². The first-order valence-corrected chi connectivity index (χ1v) is 13.0. The van der Waals surface area contributed by atoms with Crippen molar-refractivity contribution >= 4 is 22.9 Å². The highest BCUT2D eigenvalue weighted by molar-refractivity contribution is 7.12. The first-order chi connectivity index (χ1) is 19.3. The quantitative estimate of drug-likeness (QED) is 0.211. The summed E-state index contributed by atoms with van der Waals surface area (Å²) in [6.07, 6.45) is -3.95. The fraction of sp³-hybridized carbons (Fsp3) is 0.138. The predicted molar refractivity (Wildman–Crippen MR) is 146 cm³/mol. The van der Waals surface area contributed by atoms with E-state index in [1.165, 1.54) is 28.2 Å². The molecule has 7 nitrogen and oxygen atoms in total. The zero-order valence-corrected chi connectivity index (χ0v) is 22.0. The van der Waals surface area contributed by atoms with Crippen LogP contribution in [-0.2, 0) is 12.6 Å². The fourth-order valence-corrected chi connectivity index (χ4v) is 4.51. The molecule has 0 saturated heterocycles. The van der Waals surface area contributed by atoms with Crippen LogP contribution in [-0.4, -0.2) is 34.4 Å². The summed E-state index contributed by atoms with van der Waals surface area (Å²) in [4.78, 5) is 17.4. The van der Waals surface area contributed by atoms with Gasteiger partial charge in [-0.25, -0.2) is 4.68 Å². The van der Waals surface area contributed by atoms with Gasteiger partial charge in [-0.1, -0.05) is 30.3 Å². The lowest BCUT2D eigenvalue weighted by Crippen LogP contribution is -2.10. The maximum Gasteiger partial charge on any atom is 0.416 e. The van der Waals surface area contributed by atoms with Gasteiger partial charge < -0.3 is 14.8 Å². The Morgan fingerprint density at radius 1 is 1.00 bits per heavy atom. The van der Waals surface area contributed by atoms with E-state index in [0.29, 0.717) is 22.7 Å². The molecule has 0 atom stereocenters. The van der Waals surface area contributed by atoms with Crippen LogP contribution in [0, 0.1) is 0 Å². The van der Waals surface area contributed by atoms with E-state index in [2.05, 4.69) is 15.4 Å². The second kappa shape index (κ2) is 11.6. The van der Waals surface area contributed by atoms with E-state index in [1.54, 1.807) is 43.5 Å². The minimum Gasteiger partial charge on any atom is -0.497 e. The van der Waals surface area contributed by atoms with Crippen molar-refractivity contribution in [1.29, 1.82) is 0 Å². The predicted octanol–water partition coefficient (Wildman–Crippen LogP) is 6.90. The molecule has 1 N–H and O–H groups in total. The average molecular weight is 565 g/mol. The zero-order valence-electron chi connectivity index (χ0n) is 21.2. The van der Waals surface area contributed by atoms with Gasteiger partial charge in [-0.05, 0) is 65.5 Å². The average Bonchev–Trinajstić information content (AvgIpc) is 3.65. The number of alkyl halides is 3. The Balaban J connectivity index is 1.40. The molecule has 5 rings (SSSR count). The molecular weight excluding hydrogens is 541 g/mol. The number of benzene rings is 3. The van der Waals surface area contributed by atoms with Crippen LogP contribution in [0.4, 0.5) is 18.9 Å². The summed E-state index contributed by atoms with van der Waals surface area (Å²) in [5, 5.41) is 9.07. The molecule has 11 heteroatoms. The summed E-state index contributed by atoms with van der Waals surface area (Å²) in [6, 6.07) is 22.7. The third-order valence-electron chi connectivity index (χ3n) is 5.93. The second-order valence-electron chi connectivity index (χ2n) is 8.63. The highest BCUT2D eigenvalue weighted by atomic mass is 32.1. The number of thiophene rings is 1. The molecule has 2 heterocycles. The van der Waals surface area contributed by atoms with Crippen LogP contribution in [0.1, 0.15) is 20.8 Å². The van der Waals surface area contributed by atoms with Crippen LogP contribution in [0.2, 0.25) is 0 Å². The number of nitrogens with one attached hydrogen (secondary N) is 1. The molecule has 0 aliphatic rings. The lowest BCUT2D eigenvalue weighted by molar-refractivity contribution is -0.137. The van der Waals surface area contributed by atoms with Crippen LogP contribution < -0.4 is 14.8 Å². The summed E-state index contributed by atoms with van der Waals surface area (Å²) >= 11 is 1.33. The topological polar surface area (TPSA) is 78.3 Å². The summed E-state index contributed by atoms with van der Waals surface area (Å²) in [6.45, 7) is 0.256. The van der Waals surface area contributed by atoms with Crippen molar-refractivity contribution in [2.75, 3.05) is 19.0 Å². The highest BCUT2D eigenvalue weighted by Crippen LogP contribution is 2.33. The lowest BCUT2D eigenvalue weighted by atomic mass is 10.1. The molecule has 0 saturated carbocycles.